The lowest BCUT2D eigenvalue weighted by Crippen LogP contribution is -2.06. The molecule has 4 nitrogen and oxygen atoms in total. The standard InChI is InChI=1S/C11H8Cl2N2O2/c1-6-9(13)5-15(14-6)10-3-2-7(12)4-8(10)11(16)17/h2-5H,1H3,(H,16,17). The zero-order valence-corrected chi connectivity index (χ0v) is 10.3. The molecule has 0 aliphatic carbocycles. The van der Waals surface area contributed by atoms with Crippen molar-refractivity contribution in [1.82, 2.24) is 9.78 Å². The Balaban J connectivity index is 2.62. The number of benzene rings is 1. The molecule has 1 heterocycles. The van der Waals surface area contributed by atoms with Crippen LogP contribution >= 0.6 is 23.2 Å². The average Bonchev–Trinajstić information content (AvgIpc) is 2.59. The molecule has 6 heteroatoms. The van der Waals surface area contributed by atoms with Crippen LogP contribution in [-0.2, 0) is 0 Å². The molecule has 0 atom stereocenters. The number of carboxylic acid groups (broad SMARTS) is 1. The number of carboxylic acids is 1. The van der Waals surface area contributed by atoms with Crippen LogP contribution in [0.3, 0.4) is 0 Å². The molecular formula is C11H8Cl2N2O2. The second-order valence-corrected chi connectivity index (χ2v) is 4.32. The molecule has 1 aromatic heterocycles. The van der Waals surface area contributed by atoms with Crippen LogP contribution < -0.4 is 0 Å². The molecule has 1 aromatic carbocycles. The van der Waals surface area contributed by atoms with Gasteiger partial charge in [0.25, 0.3) is 0 Å². The van der Waals surface area contributed by atoms with E-state index in [0.717, 1.165) is 0 Å². The summed E-state index contributed by atoms with van der Waals surface area (Å²) in [5, 5.41) is 14.1. The summed E-state index contributed by atoms with van der Waals surface area (Å²) in [5.41, 5.74) is 1.14. The predicted octanol–water partition coefficient (Wildman–Crippen LogP) is 3.19. The van der Waals surface area contributed by atoms with Crippen LogP contribution in [0.25, 0.3) is 5.69 Å². The number of hydrogen-bond acceptors (Lipinski definition) is 2. The summed E-state index contributed by atoms with van der Waals surface area (Å²) in [5.74, 6) is -1.06. The summed E-state index contributed by atoms with van der Waals surface area (Å²) in [6.45, 7) is 1.75. The molecule has 0 unspecified atom stereocenters. The molecule has 0 saturated carbocycles. The molecule has 88 valence electrons. The summed E-state index contributed by atoms with van der Waals surface area (Å²) in [6, 6.07) is 4.58. The van der Waals surface area contributed by atoms with Gasteiger partial charge in [-0.2, -0.15) is 5.10 Å². The third-order valence-electron chi connectivity index (χ3n) is 2.27. The maximum Gasteiger partial charge on any atom is 0.337 e. The first-order valence-corrected chi connectivity index (χ1v) is 5.49. The summed E-state index contributed by atoms with van der Waals surface area (Å²) in [6.07, 6.45) is 1.56. The largest absolute Gasteiger partial charge is 0.478 e. The molecule has 2 rings (SSSR count). The smallest absolute Gasteiger partial charge is 0.337 e. The van der Waals surface area contributed by atoms with Crippen molar-refractivity contribution in [2.45, 2.75) is 6.92 Å². The van der Waals surface area contributed by atoms with E-state index in [0.29, 0.717) is 21.4 Å². The number of halogens is 2. The Morgan fingerprint density at radius 3 is 2.65 bits per heavy atom. The van der Waals surface area contributed by atoms with Crippen molar-refractivity contribution in [3.8, 4) is 5.69 Å². The van der Waals surface area contributed by atoms with Gasteiger partial charge in [0.1, 0.15) is 0 Å². The fourth-order valence-electron chi connectivity index (χ4n) is 1.44. The van der Waals surface area contributed by atoms with Gasteiger partial charge in [-0.25, -0.2) is 9.48 Å². The third-order valence-corrected chi connectivity index (χ3v) is 2.88. The molecule has 0 amide bonds. The van der Waals surface area contributed by atoms with Gasteiger partial charge >= 0.3 is 5.97 Å². The van der Waals surface area contributed by atoms with Crippen molar-refractivity contribution in [2.75, 3.05) is 0 Å². The van der Waals surface area contributed by atoms with Crippen LogP contribution in [0.15, 0.2) is 24.4 Å². The van der Waals surface area contributed by atoms with Gasteiger partial charge in [-0.1, -0.05) is 23.2 Å². The number of aryl methyl sites for hydroxylation is 1. The quantitative estimate of drug-likeness (QED) is 0.912. The fourth-order valence-corrected chi connectivity index (χ4v) is 1.74. The Morgan fingerprint density at radius 2 is 2.12 bits per heavy atom. The molecular weight excluding hydrogens is 263 g/mol. The molecule has 0 aliphatic rings. The minimum atomic E-state index is -1.06. The van der Waals surface area contributed by atoms with Crippen molar-refractivity contribution < 1.29 is 9.90 Å². The van der Waals surface area contributed by atoms with Crippen LogP contribution in [0.2, 0.25) is 10.0 Å². The number of rotatable bonds is 2. The zero-order valence-electron chi connectivity index (χ0n) is 8.82. The maximum absolute atomic E-state index is 11.1. The molecule has 0 spiro atoms. The number of hydrogen-bond donors (Lipinski definition) is 1. The summed E-state index contributed by atoms with van der Waals surface area (Å²) in [7, 11) is 0. The Labute approximate surface area is 107 Å². The van der Waals surface area contributed by atoms with E-state index >= 15 is 0 Å². The number of aromatic nitrogens is 2. The highest BCUT2D eigenvalue weighted by atomic mass is 35.5. The molecule has 0 bridgehead atoms. The fraction of sp³-hybridized carbons (Fsp3) is 0.0909. The Hall–Kier alpha value is -1.52. The normalized spacial score (nSPS) is 10.5. The molecule has 1 N–H and O–H groups in total. The van der Waals surface area contributed by atoms with E-state index in [2.05, 4.69) is 5.10 Å². The lowest BCUT2D eigenvalue weighted by Gasteiger charge is -2.06. The highest BCUT2D eigenvalue weighted by molar-refractivity contribution is 6.31. The molecule has 2 aromatic rings. The van der Waals surface area contributed by atoms with Gasteiger partial charge in [-0.05, 0) is 25.1 Å². The van der Waals surface area contributed by atoms with Crippen LogP contribution in [0, 0.1) is 6.92 Å². The highest BCUT2D eigenvalue weighted by Crippen LogP contribution is 2.22. The summed E-state index contributed by atoms with van der Waals surface area (Å²) >= 11 is 11.7. The minimum absolute atomic E-state index is 0.0802. The topological polar surface area (TPSA) is 55.1 Å². The average molecular weight is 271 g/mol. The third kappa shape index (κ3) is 2.28. The van der Waals surface area contributed by atoms with E-state index in [9.17, 15) is 4.79 Å². The van der Waals surface area contributed by atoms with Crippen molar-refractivity contribution >= 4 is 29.2 Å². The van der Waals surface area contributed by atoms with Gasteiger partial charge < -0.3 is 5.11 Å². The van der Waals surface area contributed by atoms with Gasteiger partial charge in [-0.3, -0.25) is 0 Å². The van der Waals surface area contributed by atoms with Crippen molar-refractivity contribution in [3.63, 3.8) is 0 Å². The molecule has 0 fully saturated rings. The SMILES string of the molecule is Cc1nn(-c2ccc(Cl)cc2C(=O)O)cc1Cl. The lowest BCUT2D eigenvalue weighted by atomic mass is 10.2. The van der Waals surface area contributed by atoms with E-state index in [-0.39, 0.29) is 5.56 Å². The maximum atomic E-state index is 11.1. The lowest BCUT2D eigenvalue weighted by molar-refractivity contribution is 0.0696. The van der Waals surface area contributed by atoms with Crippen LogP contribution in [0.5, 0.6) is 0 Å². The zero-order chi connectivity index (χ0) is 12.6. The first kappa shape index (κ1) is 12.0. The van der Waals surface area contributed by atoms with Gasteiger partial charge in [0, 0.05) is 11.2 Å². The monoisotopic (exact) mass is 270 g/mol. The predicted molar refractivity (Wildman–Crippen MR) is 65.3 cm³/mol. The first-order valence-electron chi connectivity index (χ1n) is 4.74. The van der Waals surface area contributed by atoms with Crippen LogP contribution in [-0.4, -0.2) is 20.9 Å². The van der Waals surface area contributed by atoms with E-state index in [4.69, 9.17) is 28.3 Å². The second kappa shape index (κ2) is 4.39. The summed E-state index contributed by atoms with van der Waals surface area (Å²) < 4.78 is 1.43. The number of carbonyl (C=O) groups is 1. The summed E-state index contributed by atoms with van der Waals surface area (Å²) in [4.78, 5) is 11.1. The minimum Gasteiger partial charge on any atom is -0.478 e. The number of nitrogens with zero attached hydrogens (tertiary/aromatic N) is 2. The molecule has 17 heavy (non-hydrogen) atoms. The first-order chi connectivity index (χ1) is 7.99. The van der Waals surface area contributed by atoms with Gasteiger partial charge in [0.05, 0.1) is 22.0 Å². The van der Waals surface area contributed by atoms with E-state index in [1.807, 2.05) is 0 Å². The Kier molecular flexibility index (Phi) is 3.09. The highest BCUT2D eigenvalue weighted by Gasteiger charge is 2.14. The van der Waals surface area contributed by atoms with Gasteiger partial charge in [0.15, 0.2) is 0 Å². The van der Waals surface area contributed by atoms with Crippen LogP contribution in [0.4, 0.5) is 0 Å². The van der Waals surface area contributed by atoms with Crippen molar-refractivity contribution in [3.05, 3.63) is 45.7 Å². The van der Waals surface area contributed by atoms with E-state index in [1.54, 1.807) is 25.3 Å². The number of aromatic carboxylic acids is 1. The van der Waals surface area contributed by atoms with Crippen LogP contribution in [0.1, 0.15) is 16.1 Å². The van der Waals surface area contributed by atoms with Crippen molar-refractivity contribution in [2.24, 2.45) is 0 Å². The van der Waals surface area contributed by atoms with Crippen molar-refractivity contribution in [1.29, 1.82) is 0 Å². The van der Waals surface area contributed by atoms with Gasteiger partial charge in [0.2, 0.25) is 0 Å². The van der Waals surface area contributed by atoms with E-state index < -0.39 is 5.97 Å². The molecule has 0 saturated heterocycles. The molecule has 0 radical (unpaired) electrons. The van der Waals surface area contributed by atoms with E-state index in [1.165, 1.54) is 10.7 Å². The van der Waals surface area contributed by atoms with Gasteiger partial charge in [-0.15, -0.1) is 0 Å². The second-order valence-electron chi connectivity index (χ2n) is 3.47. The Bertz CT molecular complexity index is 574. The molecule has 0 aliphatic heterocycles. The Morgan fingerprint density at radius 1 is 1.41 bits per heavy atom.